The maximum absolute atomic E-state index is 11.9. The molecule has 0 saturated carbocycles. The molecule has 1 aromatic rings. The highest BCUT2D eigenvalue weighted by Gasteiger charge is 2.25. The second-order valence-electron chi connectivity index (χ2n) is 5.00. The third kappa shape index (κ3) is 4.57. The molecule has 1 aromatic carbocycles. The van der Waals surface area contributed by atoms with Crippen molar-refractivity contribution in [1.29, 1.82) is 0 Å². The molecule has 110 valence electrons. The van der Waals surface area contributed by atoms with Crippen molar-refractivity contribution in [3.63, 3.8) is 0 Å². The monoisotopic (exact) mass is 278 g/mol. The molecule has 0 aliphatic rings. The summed E-state index contributed by atoms with van der Waals surface area (Å²) in [6, 6.07) is 8.45. The van der Waals surface area contributed by atoms with Crippen molar-refractivity contribution in [1.82, 2.24) is 10.6 Å². The van der Waals surface area contributed by atoms with Gasteiger partial charge < -0.3 is 15.4 Å². The summed E-state index contributed by atoms with van der Waals surface area (Å²) in [5, 5.41) is 5.45. The minimum atomic E-state index is -0.650. The number of benzene rings is 1. The van der Waals surface area contributed by atoms with Crippen LogP contribution in [0.25, 0.3) is 0 Å². The number of amides is 2. The van der Waals surface area contributed by atoms with Crippen LogP contribution < -0.4 is 10.6 Å². The first-order valence-electron chi connectivity index (χ1n) is 6.65. The van der Waals surface area contributed by atoms with Crippen LogP contribution in [0.5, 0.6) is 0 Å². The Hall–Kier alpha value is -2.04. The maximum Gasteiger partial charge on any atom is 0.328 e. The van der Waals surface area contributed by atoms with Crippen LogP contribution in [0.1, 0.15) is 32.4 Å². The normalized spacial score (nSPS) is 13.4. The van der Waals surface area contributed by atoms with E-state index in [1.807, 2.05) is 51.1 Å². The van der Waals surface area contributed by atoms with Crippen molar-refractivity contribution in [2.75, 3.05) is 7.11 Å². The van der Waals surface area contributed by atoms with Crippen LogP contribution in [0.2, 0.25) is 0 Å². The number of urea groups is 1. The number of carbonyl (C=O) groups excluding carboxylic acids is 2. The average Bonchev–Trinajstić information content (AvgIpc) is 2.44. The lowest BCUT2D eigenvalue weighted by molar-refractivity contribution is -0.143. The molecule has 0 aromatic heterocycles. The van der Waals surface area contributed by atoms with E-state index < -0.39 is 12.0 Å². The number of esters is 1. The predicted molar refractivity (Wildman–Crippen MR) is 77.2 cm³/mol. The van der Waals surface area contributed by atoms with Crippen LogP contribution in [0.4, 0.5) is 4.79 Å². The second kappa shape index (κ2) is 7.53. The standard InChI is InChI=1S/C15H22N2O3/c1-10(2)13(14(18)20-4)17-15(19)16-11(3)12-8-6-5-7-9-12/h5-11,13H,1-4H3,(H2,16,17,19). The van der Waals surface area contributed by atoms with Gasteiger partial charge in [-0.15, -0.1) is 0 Å². The molecule has 0 saturated heterocycles. The number of carbonyl (C=O) groups is 2. The van der Waals surface area contributed by atoms with Crippen LogP contribution in [0, 0.1) is 5.92 Å². The smallest absolute Gasteiger partial charge is 0.328 e. The molecule has 0 aliphatic heterocycles. The first-order valence-corrected chi connectivity index (χ1v) is 6.65. The average molecular weight is 278 g/mol. The second-order valence-corrected chi connectivity index (χ2v) is 5.00. The van der Waals surface area contributed by atoms with Crippen molar-refractivity contribution in [2.24, 2.45) is 5.92 Å². The summed E-state index contributed by atoms with van der Waals surface area (Å²) in [7, 11) is 1.31. The number of hydrogen-bond acceptors (Lipinski definition) is 3. The Morgan fingerprint density at radius 1 is 1.05 bits per heavy atom. The maximum atomic E-state index is 11.9. The number of hydrogen-bond donors (Lipinski definition) is 2. The highest BCUT2D eigenvalue weighted by Crippen LogP contribution is 2.11. The van der Waals surface area contributed by atoms with Crippen molar-refractivity contribution >= 4 is 12.0 Å². The lowest BCUT2D eigenvalue weighted by Crippen LogP contribution is -2.49. The Morgan fingerprint density at radius 3 is 2.15 bits per heavy atom. The lowest BCUT2D eigenvalue weighted by atomic mass is 10.1. The molecular weight excluding hydrogens is 256 g/mol. The van der Waals surface area contributed by atoms with Gasteiger partial charge in [-0.05, 0) is 18.4 Å². The minimum Gasteiger partial charge on any atom is -0.467 e. The van der Waals surface area contributed by atoms with Crippen LogP contribution in [0.15, 0.2) is 30.3 Å². The van der Waals surface area contributed by atoms with Gasteiger partial charge in [0.25, 0.3) is 0 Å². The molecule has 5 nitrogen and oxygen atoms in total. The fourth-order valence-electron chi connectivity index (χ4n) is 1.83. The van der Waals surface area contributed by atoms with Gasteiger partial charge in [0.15, 0.2) is 0 Å². The molecule has 0 aliphatic carbocycles. The quantitative estimate of drug-likeness (QED) is 0.812. The number of methoxy groups -OCH3 is 1. The van der Waals surface area contributed by atoms with Crippen LogP contribution in [-0.2, 0) is 9.53 Å². The van der Waals surface area contributed by atoms with Gasteiger partial charge in [-0.1, -0.05) is 44.2 Å². The Balaban J connectivity index is 2.60. The van der Waals surface area contributed by atoms with Gasteiger partial charge in [-0.2, -0.15) is 0 Å². The van der Waals surface area contributed by atoms with E-state index in [0.29, 0.717) is 0 Å². The molecule has 5 heteroatoms. The molecule has 0 fully saturated rings. The summed E-state index contributed by atoms with van der Waals surface area (Å²) >= 11 is 0. The Bertz CT molecular complexity index is 446. The van der Waals surface area contributed by atoms with E-state index in [1.54, 1.807) is 0 Å². The Morgan fingerprint density at radius 2 is 1.65 bits per heavy atom. The number of nitrogens with one attached hydrogen (secondary N) is 2. The largest absolute Gasteiger partial charge is 0.467 e. The zero-order valence-electron chi connectivity index (χ0n) is 12.3. The van der Waals surface area contributed by atoms with E-state index in [4.69, 9.17) is 0 Å². The summed E-state index contributed by atoms with van der Waals surface area (Å²) in [5.74, 6) is -0.484. The van der Waals surface area contributed by atoms with Crippen LogP contribution >= 0.6 is 0 Å². The fourth-order valence-corrected chi connectivity index (χ4v) is 1.83. The van der Waals surface area contributed by atoms with Crippen molar-refractivity contribution in [2.45, 2.75) is 32.9 Å². The lowest BCUT2D eigenvalue weighted by Gasteiger charge is -2.22. The van der Waals surface area contributed by atoms with E-state index in [1.165, 1.54) is 7.11 Å². The highest BCUT2D eigenvalue weighted by atomic mass is 16.5. The number of rotatable bonds is 5. The SMILES string of the molecule is COC(=O)C(NC(=O)NC(C)c1ccccc1)C(C)C. The van der Waals surface area contributed by atoms with E-state index in [0.717, 1.165) is 5.56 Å². The van der Waals surface area contributed by atoms with Gasteiger partial charge in [0.2, 0.25) is 0 Å². The van der Waals surface area contributed by atoms with Crippen molar-refractivity contribution < 1.29 is 14.3 Å². The highest BCUT2D eigenvalue weighted by molar-refractivity contribution is 5.83. The van der Waals surface area contributed by atoms with Gasteiger partial charge in [0.05, 0.1) is 13.2 Å². The van der Waals surface area contributed by atoms with Gasteiger partial charge in [0.1, 0.15) is 6.04 Å². The fraction of sp³-hybridized carbons (Fsp3) is 0.467. The van der Waals surface area contributed by atoms with Crippen LogP contribution in [-0.4, -0.2) is 25.2 Å². The summed E-state index contributed by atoms with van der Waals surface area (Å²) < 4.78 is 4.68. The van der Waals surface area contributed by atoms with Gasteiger partial charge in [-0.25, -0.2) is 9.59 Å². The molecule has 2 amide bonds. The molecule has 0 heterocycles. The summed E-state index contributed by atoms with van der Waals surface area (Å²) in [6.45, 7) is 5.59. The first kappa shape index (κ1) is 16.0. The molecule has 0 spiro atoms. The molecule has 0 bridgehead atoms. The Labute approximate surface area is 119 Å². The van der Waals surface area contributed by atoms with Crippen LogP contribution in [0.3, 0.4) is 0 Å². The summed E-state index contributed by atoms with van der Waals surface area (Å²) in [4.78, 5) is 23.5. The predicted octanol–water partition coefficient (Wildman–Crippen LogP) is 2.24. The van der Waals surface area contributed by atoms with Crippen molar-refractivity contribution in [3.05, 3.63) is 35.9 Å². The van der Waals surface area contributed by atoms with Gasteiger partial charge in [0, 0.05) is 0 Å². The Kier molecular flexibility index (Phi) is 6.03. The van der Waals surface area contributed by atoms with E-state index in [2.05, 4.69) is 15.4 Å². The van der Waals surface area contributed by atoms with Gasteiger partial charge in [-0.3, -0.25) is 0 Å². The molecule has 0 radical (unpaired) electrons. The van der Waals surface area contributed by atoms with E-state index in [9.17, 15) is 9.59 Å². The van der Waals surface area contributed by atoms with Gasteiger partial charge >= 0.3 is 12.0 Å². The third-order valence-corrected chi connectivity index (χ3v) is 3.06. The first-order chi connectivity index (χ1) is 9.45. The topological polar surface area (TPSA) is 67.4 Å². The van der Waals surface area contributed by atoms with E-state index in [-0.39, 0.29) is 18.0 Å². The molecule has 20 heavy (non-hydrogen) atoms. The van der Waals surface area contributed by atoms with E-state index >= 15 is 0 Å². The minimum absolute atomic E-state index is 0.0415. The zero-order valence-corrected chi connectivity index (χ0v) is 12.3. The molecular formula is C15H22N2O3. The summed E-state index contributed by atoms with van der Waals surface area (Å²) in [5.41, 5.74) is 1.00. The third-order valence-electron chi connectivity index (χ3n) is 3.06. The molecule has 1 rings (SSSR count). The molecule has 2 atom stereocenters. The molecule has 2 N–H and O–H groups in total. The van der Waals surface area contributed by atoms with Crippen molar-refractivity contribution in [3.8, 4) is 0 Å². The summed E-state index contributed by atoms with van der Waals surface area (Å²) in [6.07, 6.45) is 0. The number of ether oxygens (including phenoxy) is 1. The zero-order chi connectivity index (χ0) is 15.1. The molecule has 2 unspecified atom stereocenters.